The van der Waals surface area contributed by atoms with Crippen LogP contribution in [0, 0.1) is 17.0 Å². The highest BCUT2D eigenvalue weighted by atomic mass is 16.6. The number of piperidine rings is 1. The van der Waals surface area contributed by atoms with Crippen LogP contribution in [-0.2, 0) is 17.8 Å². The summed E-state index contributed by atoms with van der Waals surface area (Å²) in [6.45, 7) is 8.58. The average molecular weight is 464 g/mol. The first-order valence-electron chi connectivity index (χ1n) is 11.8. The fourth-order valence-corrected chi connectivity index (χ4v) is 4.44. The number of phenols is 1. The van der Waals surface area contributed by atoms with Gasteiger partial charge in [0.05, 0.1) is 24.4 Å². The Balaban J connectivity index is 1.51. The third-order valence-electron chi connectivity index (χ3n) is 6.38. The zero-order valence-corrected chi connectivity index (χ0v) is 19.3. The molecule has 1 N–H and O–H groups in total. The number of hydrogen-bond donors (Lipinski definition) is 1. The first-order chi connectivity index (χ1) is 16.5. The van der Waals surface area contributed by atoms with Crippen molar-refractivity contribution in [3.8, 4) is 16.9 Å². The summed E-state index contributed by atoms with van der Waals surface area (Å²) in [5, 5.41) is 21.1. The normalized spacial score (nSPS) is 15.3. The van der Waals surface area contributed by atoms with Crippen molar-refractivity contribution >= 4 is 5.69 Å². The van der Waals surface area contributed by atoms with Gasteiger partial charge < -0.3 is 19.2 Å². The lowest BCUT2D eigenvalue weighted by molar-refractivity contribution is -0.385. The summed E-state index contributed by atoms with van der Waals surface area (Å²) in [5.41, 5.74) is 3.42. The summed E-state index contributed by atoms with van der Waals surface area (Å²) >= 11 is 0. The molecule has 1 aliphatic rings. The molecule has 179 valence electrons. The number of hydrogen-bond acceptors (Lipinski definition) is 6. The molecule has 2 heterocycles. The molecule has 4 rings (SSSR count). The summed E-state index contributed by atoms with van der Waals surface area (Å²) in [6.07, 6.45) is 6.18. The zero-order chi connectivity index (χ0) is 23.9. The second-order valence-electron chi connectivity index (χ2n) is 8.82. The SMILES string of the molecule is [CH2]C(Cc1ccc(-c2ccc([N+](=O)[O-])c(O)c2)cc1COCCN1CCCCC1)c1ccco1. The molecule has 3 aromatic rings. The minimum Gasteiger partial charge on any atom is -0.502 e. The van der Waals surface area contributed by atoms with Crippen molar-refractivity contribution in [1.29, 1.82) is 0 Å². The number of benzene rings is 2. The lowest BCUT2D eigenvalue weighted by Crippen LogP contribution is -2.32. The third-order valence-corrected chi connectivity index (χ3v) is 6.38. The van der Waals surface area contributed by atoms with E-state index in [0.29, 0.717) is 25.2 Å². The zero-order valence-electron chi connectivity index (χ0n) is 19.3. The largest absolute Gasteiger partial charge is 0.502 e. The summed E-state index contributed by atoms with van der Waals surface area (Å²) in [6, 6.07) is 14.2. The molecule has 1 fully saturated rings. The topological polar surface area (TPSA) is 89.0 Å². The fourth-order valence-electron chi connectivity index (χ4n) is 4.44. The Hall–Kier alpha value is -3.16. The van der Waals surface area contributed by atoms with E-state index in [1.54, 1.807) is 12.3 Å². The molecule has 1 saturated heterocycles. The van der Waals surface area contributed by atoms with Crippen LogP contribution >= 0.6 is 0 Å². The first-order valence-corrected chi connectivity index (χ1v) is 11.8. The van der Waals surface area contributed by atoms with Gasteiger partial charge >= 0.3 is 5.69 Å². The predicted molar refractivity (Wildman–Crippen MR) is 131 cm³/mol. The Bertz CT molecular complexity index is 1090. The van der Waals surface area contributed by atoms with Gasteiger partial charge in [0.15, 0.2) is 5.75 Å². The molecule has 0 amide bonds. The van der Waals surface area contributed by atoms with Crippen molar-refractivity contribution in [3.05, 3.63) is 88.7 Å². The summed E-state index contributed by atoms with van der Waals surface area (Å²) < 4.78 is 11.6. The molecule has 0 aliphatic carbocycles. The molecule has 0 spiro atoms. The van der Waals surface area contributed by atoms with Crippen LogP contribution < -0.4 is 0 Å². The Kier molecular flexibility index (Phi) is 7.98. The van der Waals surface area contributed by atoms with Crippen molar-refractivity contribution in [2.75, 3.05) is 26.2 Å². The van der Waals surface area contributed by atoms with Crippen LogP contribution in [0.5, 0.6) is 5.75 Å². The Labute approximate surface area is 200 Å². The molecule has 1 atom stereocenters. The van der Waals surface area contributed by atoms with Gasteiger partial charge in [-0.05, 0) is 91.9 Å². The maximum atomic E-state index is 11.0. The lowest BCUT2D eigenvalue weighted by Gasteiger charge is -2.26. The van der Waals surface area contributed by atoms with Crippen molar-refractivity contribution in [3.63, 3.8) is 0 Å². The lowest BCUT2D eigenvalue weighted by atomic mass is 9.92. The maximum Gasteiger partial charge on any atom is 0.310 e. The molecule has 2 aromatic carbocycles. The van der Waals surface area contributed by atoms with E-state index in [9.17, 15) is 15.2 Å². The van der Waals surface area contributed by atoms with E-state index in [-0.39, 0.29) is 17.4 Å². The monoisotopic (exact) mass is 463 g/mol. The predicted octanol–water partition coefficient (Wildman–Crippen LogP) is 5.72. The van der Waals surface area contributed by atoms with Crippen molar-refractivity contribution in [1.82, 2.24) is 4.90 Å². The first kappa shape index (κ1) is 24.0. The highest BCUT2D eigenvalue weighted by molar-refractivity contribution is 5.69. The molecule has 0 saturated carbocycles. The molecule has 1 aromatic heterocycles. The summed E-state index contributed by atoms with van der Waals surface area (Å²) in [7, 11) is 0. The van der Waals surface area contributed by atoms with Crippen molar-refractivity contribution in [2.24, 2.45) is 0 Å². The van der Waals surface area contributed by atoms with Gasteiger partial charge in [0.1, 0.15) is 5.76 Å². The van der Waals surface area contributed by atoms with Crippen LogP contribution in [0.15, 0.2) is 59.2 Å². The molecule has 7 heteroatoms. The molecule has 0 bridgehead atoms. The molecule has 34 heavy (non-hydrogen) atoms. The van der Waals surface area contributed by atoms with Crippen LogP contribution in [0.3, 0.4) is 0 Å². The smallest absolute Gasteiger partial charge is 0.310 e. The van der Waals surface area contributed by atoms with Gasteiger partial charge in [-0.25, -0.2) is 0 Å². The number of nitro groups is 1. The number of phenolic OH excluding ortho intramolecular Hbond substituents is 1. The van der Waals surface area contributed by atoms with Crippen LogP contribution in [0.25, 0.3) is 11.1 Å². The summed E-state index contributed by atoms with van der Waals surface area (Å²) in [4.78, 5) is 12.9. The number of rotatable bonds is 10. The van der Waals surface area contributed by atoms with Crippen molar-refractivity contribution < 1.29 is 19.2 Å². The van der Waals surface area contributed by atoms with Gasteiger partial charge in [-0.3, -0.25) is 10.1 Å². The Morgan fingerprint density at radius 3 is 2.56 bits per heavy atom. The highest BCUT2D eigenvalue weighted by Crippen LogP contribution is 2.33. The second kappa shape index (κ2) is 11.3. The summed E-state index contributed by atoms with van der Waals surface area (Å²) in [5.74, 6) is 0.458. The second-order valence-corrected chi connectivity index (χ2v) is 8.82. The molecular formula is C27H31N2O5. The van der Waals surface area contributed by atoms with Crippen LogP contribution in [-0.4, -0.2) is 41.2 Å². The number of nitro benzene ring substituents is 1. The van der Waals surface area contributed by atoms with E-state index >= 15 is 0 Å². The van der Waals surface area contributed by atoms with Crippen molar-refractivity contribution in [2.45, 2.75) is 38.2 Å². The van der Waals surface area contributed by atoms with Crippen LogP contribution in [0.4, 0.5) is 5.69 Å². The average Bonchev–Trinajstić information content (AvgIpc) is 3.38. The molecule has 1 unspecified atom stereocenters. The standard InChI is InChI=1S/C27H31N2O5/c1-20(27-6-5-14-34-27)16-21-7-8-22(23-9-10-25(29(31)32)26(30)18-23)17-24(21)19-33-15-13-28-11-3-2-4-12-28/h5-10,14,17-18,20,30H,1-4,11-13,15-16,19H2. The van der Waals surface area contributed by atoms with Crippen LogP contribution in [0.1, 0.15) is 42.1 Å². The van der Waals surface area contributed by atoms with E-state index in [1.807, 2.05) is 30.3 Å². The van der Waals surface area contributed by atoms with Crippen LogP contribution in [0.2, 0.25) is 0 Å². The Morgan fingerprint density at radius 2 is 1.85 bits per heavy atom. The minimum atomic E-state index is -0.590. The number of nitrogens with zero attached hydrogens (tertiary/aromatic N) is 2. The number of aromatic hydroxyl groups is 1. The number of likely N-dealkylation sites (tertiary alicyclic amines) is 1. The van der Waals surface area contributed by atoms with E-state index in [0.717, 1.165) is 42.1 Å². The number of furan rings is 1. The van der Waals surface area contributed by atoms with Gasteiger partial charge in [0, 0.05) is 18.5 Å². The molecule has 1 aliphatic heterocycles. The minimum absolute atomic E-state index is 0.0311. The third kappa shape index (κ3) is 6.04. The van der Waals surface area contributed by atoms with E-state index in [4.69, 9.17) is 9.15 Å². The van der Waals surface area contributed by atoms with E-state index < -0.39 is 4.92 Å². The molecular weight excluding hydrogens is 432 g/mol. The maximum absolute atomic E-state index is 11.0. The molecule has 7 nitrogen and oxygen atoms in total. The van der Waals surface area contributed by atoms with E-state index in [1.165, 1.54) is 31.4 Å². The van der Waals surface area contributed by atoms with Gasteiger partial charge in [-0.15, -0.1) is 0 Å². The quantitative estimate of drug-likeness (QED) is 0.235. The number of ether oxygens (including phenoxy) is 1. The molecule has 1 radical (unpaired) electrons. The highest BCUT2D eigenvalue weighted by Gasteiger charge is 2.17. The van der Waals surface area contributed by atoms with Gasteiger partial charge in [0.2, 0.25) is 0 Å². The van der Waals surface area contributed by atoms with Gasteiger partial charge in [-0.2, -0.15) is 0 Å². The van der Waals surface area contributed by atoms with Gasteiger partial charge in [0.25, 0.3) is 0 Å². The van der Waals surface area contributed by atoms with Gasteiger partial charge in [-0.1, -0.05) is 18.6 Å². The fraction of sp³-hybridized carbons (Fsp3) is 0.370. The van der Waals surface area contributed by atoms with E-state index in [2.05, 4.69) is 11.8 Å². The Morgan fingerprint density at radius 1 is 1.09 bits per heavy atom.